The summed E-state index contributed by atoms with van der Waals surface area (Å²) in [5.41, 5.74) is 1.76. The molecule has 2 aromatic heterocycles. The van der Waals surface area contributed by atoms with Crippen LogP contribution in [0.5, 0.6) is 0 Å². The lowest BCUT2D eigenvalue weighted by atomic mass is 10.1. The number of fused-ring (bicyclic) bond motifs is 1. The lowest BCUT2D eigenvalue weighted by Crippen LogP contribution is -2.15. The number of rotatable bonds is 7. The summed E-state index contributed by atoms with van der Waals surface area (Å²) in [5, 5.41) is 20.7. The van der Waals surface area contributed by atoms with E-state index in [2.05, 4.69) is 39.7 Å². The fourth-order valence-electron chi connectivity index (χ4n) is 2.51. The molecule has 0 aliphatic carbocycles. The maximum atomic E-state index is 12.1. The number of nitrogens with one attached hydrogen (secondary N) is 1. The first-order valence-electron chi connectivity index (χ1n) is 8.09. The van der Waals surface area contributed by atoms with Gasteiger partial charge in [0, 0.05) is 12.3 Å². The van der Waals surface area contributed by atoms with Crippen molar-refractivity contribution in [3.8, 4) is 0 Å². The summed E-state index contributed by atoms with van der Waals surface area (Å²) in [5.74, 6) is 0.278. The summed E-state index contributed by atoms with van der Waals surface area (Å²) in [7, 11) is 0. The molecule has 1 unspecified atom stereocenters. The number of aryl methyl sites for hydroxylation is 1. The predicted octanol–water partition coefficient (Wildman–Crippen LogP) is 3.22. The van der Waals surface area contributed by atoms with Crippen molar-refractivity contribution in [1.29, 1.82) is 0 Å². The fourth-order valence-corrected chi connectivity index (χ4v) is 3.36. The molecule has 0 aliphatic rings. The van der Waals surface area contributed by atoms with Gasteiger partial charge >= 0.3 is 0 Å². The minimum Gasteiger partial charge on any atom is -0.300 e. The molecule has 0 spiro atoms. The second-order valence-electron chi connectivity index (χ2n) is 5.73. The van der Waals surface area contributed by atoms with Crippen molar-refractivity contribution in [1.82, 2.24) is 25.2 Å². The molecular weight excluding hydrogens is 324 g/mol. The average Bonchev–Trinajstić information content (AvgIpc) is 3.20. The van der Waals surface area contributed by atoms with Crippen molar-refractivity contribution < 1.29 is 4.79 Å². The van der Waals surface area contributed by atoms with Gasteiger partial charge in [0.15, 0.2) is 0 Å². The Morgan fingerprint density at radius 2 is 2.12 bits per heavy atom. The van der Waals surface area contributed by atoms with Crippen LogP contribution in [0.3, 0.4) is 0 Å². The van der Waals surface area contributed by atoms with Gasteiger partial charge in [0.05, 0.1) is 12.1 Å². The quantitative estimate of drug-likeness (QED) is 0.711. The monoisotopic (exact) mass is 344 g/mol. The summed E-state index contributed by atoms with van der Waals surface area (Å²) >= 11 is 1.45. The Morgan fingerprint density at radius 1 is 1.29 bits per heavy atom. The first-order valence-corrected chi connectivity index (χ1v) is 8.90. The highest BCUT2D eigenvalue weighted by atomic mass is 32.1. The number of anilines is 1. The Labute approximate surface area is 144 Å². The first kappa shape index (κ1) is 16.5. The van der Waals surface area contributed by atoms with Gasteiger partial charge in [-0.25, -0.2) is 4.68 Å². The number of carbonyl (C=O) groups is 1. The maximum absolute atomic E-state index is 12.1. The molecule has 0 bridgehead atoms. The fraction of sp³-hybridized carbons (Fsp3) is 0.438. The van der Waals surface area contributed by atoms with E-state index >= 15 is 0 Å². The Hall–Kier alpha value is -2.35. The average molecular weight is 344 g/mol. The largest absolute Gasteiger partial charge is 0.300 e. The predicted molar refractivity (Wildman–Crippen MR) is 94.0 cm³/mol. The number of hydrogen-bond donors (Lipinski definition) is 1. The van der Waals surface area contributed by atoms with E-state index in [0.717, 1.165) is 28.9 Å². The van der Waals surface area contributed by atoms with Crippen LogP contribution in [0.2, 0.25) is 0 Å². The molecule has 1 aromatic carbocycles. The molecule has 3 rings (SSSR count). The number of nitrogens with zero attached hydrogens (tertiary/aromatic N) is 5. The van der Waals surface area contributed by atoms with Gasteiger partial charge in [-0.1, -0.05) is 49.0 Å². The SMILES string of the molecule is CCCC(C)c1nnc(NC(=O)CCn2nnc3ccccc32)s1. The zero-order valence-corrected chi connectivity index (χ0v) is 14.6. The molecule has 0 fully saturated rings. The van der Waals surface area contributed by atoms with E-state index in [1.807, 2.05) is 24.3 Å². The van der Waals surface area contributed by atoms with Gasteiger partial charge in [0.2, 0.25) is 11.0 Å². The number of aromatic nitrogens is 5. The van der Waals surface area contributed by atoms with Crippen molar-refractivity contribution in [2.24, 2.45) is 0 Å². The normalized spacial score (nSPS) is 12.4. The van der Waals surface area contributed by atoms with Crippen LogP contribution < -0.4 is 5.32 Å². The second-order valence-corrected chi connectivity index (χ2v) is 6.74. The molecule has 1 amide bonds. The highest BCUT2D eigenvalue weighted by Gasteiger charge is 2.13. The molecule has 1 atom stereocenters. The third-order valence-electron chi connectivity index (χ3n) is 3.80. The third-order valence-corrected chi connectivity index (χ3v) is 4.87. The molecule has 8 heteroatoms. The molecule has 0 radical (unpaired) electrons. The third kappa shape index (κ3) is 3.76. The lowest BCUT2D eigenvalue weighted by Gasteiger charge is -2.04. The van der Waals surface area contributed by atoms with Crippen LogP contribution in [-0.4, -0.2) is 31.1 Å². The van der Waals surface area contributed by atoms with Crippen LogP contribution in [0, 0.1) is 0 Å². The van der Waals surface area contributed by atoms with Gasteiger partial charge in [-0.15, -0.1) is 15.3 Å². The maximum Gasteiger partial charge on any atom is 0.228 e. The minimum absolute atomic E-state index is 0.0968. The highest BCUT2D eigenvalue weighted by molar-refractivity contribution is 7.15. The Kier molecular flexibility index (Phi) is 5.14. The summed E-state index contributed by atoms with van der Waals surface area (Å²) in [6.45, 7) is 4.75. The van der Waals surface area contributed by atoms with E-state index in [-0.39, 0.29) is 5.91 Å². The molecule has 24 heavy (non-hydrogen) atoms. The summed E-state index contributed by atoms with van der Waals surface area (Å²) < 4.78 is 1.74. The topological polar surface area (TPSA) is 85.6 Å². The van der Waals surface area contributed by atoms with Crippen LogP contribution >= 0.6 is 11.3 Å². The Morgan fingerprint density at radius 3 is 2.96 bits per heavy atom. The molecule has 2 heterocycles. The van der Waals surface area contributed by atoms with Crippen LogP contribution in [0.15, 0.2) is 24.3 Å². The van der Waals surface area contributed by atoms with Gasteiger partial charge < -0.3 is 5.32 Å². The Balaban J connectivity index is 1.56. The van der Waals surface area contributed by atoms with Crippen molar-refractivity contribution in [3.63, 3.8) is 0 Å². The van der Waals surface area contributed by atoms with Crippen LogP contribution in [0.4, 0.5) is 5.13 Å². The van der Waals surface area contributed by atoms with Gasteiger partial charge in [0.1, 0.15) is 10.5 Å². The number of para-hydroxylation sites is 1. The number of hydrogen-bond acceptors (Lipinski definition) is 6. The van der Waals surface area contributed by atoms with E-state index in [0.29, 0.717) is 24.0 Å². The molecule has 0 aliphatic heterocycles. The van der Waals surface area contributed by atoms with Crippen molar-refractivity contribution in [3.05, 3.63) is 29.3 Å². The van der Waals surface area contributed by atoms with Crippen molar-refractivity contribution in [2.45, 2.75) is 45.6 Å². The van der Waals surface area contributed by atoms with E-state index in [1.165, 1.54) is 11.3 Å². The number of amides is 1. The zero-order chi connectivity index (χ0) is 16.9. The highest BCUT2D eigenvalue weighted by Crippen LogP contribution is 2.26. The van der Waals surface area contributed by atoms with Crippen molar-refractivity contribution >= 4 is 33.4 Å². The van der Waals surface area contributed by atoms with Gasteiger partial charge in [-0.2, -0.15) is 0 Å². The van der Waals surface area contributed by atoms with Crippen LogP contribution in [-0.2, 0) is 11.3 Å². The van der Waals surface area contributed by atoms with Crippen molar-refractivity contribution in [2.75, 3.05) is 5.32 Å². The summed E-state index contributed by atoms with van der Waals surface area (Å²) in [6, 6.07) is 7.70. The van der Waals surface area contributed by atoms with Gasteiger partial charge in [-0.05, 0) is 18.6 Å². The summed E-state index contributed by atoms with van der Waals surface area (Å²) in [4.78, 5) is 12.1. The van der Waals surface area contributed by atoms with Crippen LogP contribution in [0.25, 0.3) is 11.0 Å². The summed E-state index contributed by atoms with van der Waals surface area (Å²) in [6.07, 6.45) is 2.49. The molecule has 126 valence electrons. The molecule has 1 N–H and O–H groups in total. The number of carbonyl (C=O) groups excluding carboxylic acids is 1. The molecule has 3 aromatic rings. The molecule has 0 saturated heterocycles. The number of benzene rings is 1. The van der Waals surface area contributed by atoms with E-state index in [4.69, 9.17) is 0 Å². The molecular formula is C16H20N6OS. The second kappa shape index (κ2) is 7.48. The smallest absolute Gasteiger partial charge is 0.228 e. The first-order chi connectivity index (χ1) is 11.7. The zero-order valence-electron chi connectivity index (χ0n) is 13.8. The lowest BCUT2D eigenvalue weighted by molar-refractivity contribution is -0.116. The standard InChI is InChI=1S/C16H20N6OS/c1-3-6-11(2)15-19-20-16(24-15)17-14(23)9-10-22-13-8-5-4-7-12(13)18-21-22/h4-5,7-8,11H,3,6,9-10H2,1-2H3,(H,17,20,23). The van der Waals surface area contributed by atoms with Gasteiger partial charge in [0.25, 0.3) is 0 Å². The van der Waals surface area contributed by atoms with Gasteiger partial charge in [-0.3, -0.25) is 4.79 Å². The van der Waals surface area contributed by atoms with E-state index in [1.54, 1.807) is 4.68 Å². The van der Waals surface area contributed by atoms with E-state index in [9.17, 15) is 4.79 Å². The Bertz CT molecular complexity index is 827. The molecule has 7 nitrogen and oxygen atoms in total. The van der Waals surface area contributed by atoms with Crippen LogP contribution in [0.1, 0.15) is 44.0 Å². The molecule has 0 saturated carbocycles. The minimum atomic E-state index is -0.0968. The van der Waals surface area contributed by atoms with E-state index < -0.39 is 0 Å².